The van der Waals surface area contributed by atoms with Crippen molar-refractivity contribution < 1.29 is 0 Å². The summed E-state index contributed by atoms with van der Waals surface area (Å²) in [6, 6.07) is 82.1. The molecule has 0 aliphatic heterocycles. The SMILES string of the molecule is C1=CC(C(Cc2ccc(-c3ccc(-c4ccccc4N(c4ccc(-c5ccccc5)cc4)c4ccc(-c5ccccc5)cc4)cc3)cc2)c2cccc3ccccc23)CCC1. The number of hydrogen-bond acceptors (Lipinski definition) is 1. The molecule has 9 aromatic carbocycles. The molecular weight excluding hydrogens is 735 g/mol. The van der Waals surface area contributed by atoms with Crippen molar-refractivity contribution in [2.75, 3.05) is 4.90 Å². The lowest BCUT2D eigenvalue weighted by Crippen LogP contribution is -2.16. The van der Waals surface area contributed by atoms with E-state index in [1.807, 2.05) is 0 Å². The maximum Gasteiger partial charge on any atom is 0.0540 e. The lowest BCUT2D eigenvalue weighted by Gasteiger charge is -2.29. The third-order valence-electron chi connectivity index (χ3n) is 12.6. The van der Waals surface area contributed by atoms with Crippen LogP contribution in [-0.4, -0.2) is 0 Å². The molecule has 0 amide bonds. The van der Waals surface area contributed by atoms with Crippen LogP contribution in [0.2, 0.25) is 0 Å². The predicted octanol–water partition coefficient (Wildman–Crippen LogP) is 16.7. The van der Waals surface area contributed by atoms with Gasteiger partial charge >= 0.3 is 0 Å². The van der Waals surface area contributed by atoms with Crippen LogP contribution in [-0.2, 0) is 6.42 Å². The van der Waals surface area contributed by atoms with Gasteiger partial charge in [-0.2, -0.15) is 0 Å². The highest BCUT2D eigenvalue weighted by atomic mass is 15.1. The van der Waals surface area contributed by atoms with Crippen LogP contribution in [0.15, 0.2) is 237 Å². The maximum absolute atomic E-state index is 2.49. The summed E-state index contributed by atoms with van der Waals surface area (Å²) < 4.78 is 0. The number of fused-ring (bicyclic) bond motifs is 1. The minimum atomic E-state index is 0.441. The first-order valence-corrected chi connectivity index (χ1v) is 21.8. The van der Waals surface area contributed by atoms with Crippen LogP contribution >= 0.6 is 0 Å². The van der Waals surface area contributed by atoms with Crippen LogP contribution in [0.25, 0.3) is 55.3 Å². The van der Waals surface area contributed by atoms with Gasteiger partial charge in [-0.05, 0) is 129 Å². The Balaban J connectivity index is 0.946. The molecule has 294 valence electrons. The molecule has 1 aliphatic rings. The van der Waals surface area contributed by atoms with E-state index in [9.17, 15) is 0 Å². The number of benzene rings is 9. The average molecular weight is 784 g/mol. The molecule has 0 saturated carbocycles. The van der Waals surface area contributed by atoms with Crippen LogP contribution < -0.4 is 4.90 Å². The monoisotopic (exact) mass is 783 g/mol. The molecule has 2 atom stereocenters. The molecule has 0 spiro atoms. The Bertz CT molecular complexity index is 2790. The standard InChI is InChI=1S/C60H49N/c1-4-15-45(16-5-1)49-35-39-54(40-36-49)61(55-41-37-50(38-42-55)46-17-6-2-7-18-46)60-26-13-12-24-57(60)53-33-31-48(32-34-53)47-29-27-44(28-30-47)43-59(52-19-8-3-9-20-52)58-25-14-22-51-21-10-11-23-56(51)58/h1-2,4-8,10-19,21-42,52,59H,3,9,20,43H2. The van der Waals surface area contributed by atoms with E-state index in [1.54, 1.807) is 0 Å². The molecule has 1 aliphatic carbocycles. The molecule has 9 aromatic rings. The molecule has 61 heavy (non-hydrogen) atoms. The third-order valence-corrected chi connectivity index (χ3v) is 12.6. The summed E-state index contributed by atoms with van der Waals surface area (Å²) in [5, 5.41) is 2.71. The van der Waals surface area contributed by atoms with Crippen LogP contribution in [0.1, 0.15) is 36.3 Å². The van der Waals surface area contributed by atoms with Gasteiger partial charge < -0.3 is 4.90 Å². The summed E-state index contributed by atoms with van der Waals surface area (Å²) in [5.41, 5.74) is 15.9. The number of para-hydroxylation sites is 1. The lowest BCUT2D eigenvalue weighted by molar-refractivity contribution is 0.446. The second-order valence-electron chi connectivity index (χ2n) is 16.4. The van der Waals surface area contributed by atoms with Crippen LogP contribution in [0.5, 0.6) is 0 Å². The summed E-state index contributed by atoms with van der Waals surface area (Å²) in [4.78, 5) is 2.39. The molecule has 0 aromatic heterocycles. The predicted molar refractivity (Wildman–Crippen MR) is 260 cm³/mol. The van der Waals surface area contributed by atoms with E-state index >= 15 is 0 Å². The van der Waals surface area contributed by atoms with Gasteiger partial charge in [-0.25, -0.2) is 0 Å². The topological polar surface area (TPSA) is 3.24 Å². The molecule has 0 saturated heterocycles. The number of nitrogens with zero attached hydrogens (tertiary/aromatic N) is 1. The quantitative estimate of drug-likeness (QED) is 0.118. The van der Waals surface area contributed by atoms with Crippen LogP contribution in [0.3, 0.4) is 0 Å². The van der Waals surface area contributed by atoms with E-state index in [0.717, 1.165) is 23.5 Å². The number of rotatable bonds is 11. The second kappa shape index (κ2) is 17.6. The fraction of sp³-hybridized carbons (Fsp3) is 0.100. The Morgan fingerprint density at radius 3 is 1.52 bits per heavy atom. The van der Waals surface area contributed by atoms with Crippen LogP contribution in [0.4, 0.5) is 17.1 Å². The fourth-order valence-electron chi connectivity index (χ4n) is 9.38. The van der Waals surface area contributed by atoms with Crippen molar-refractivity contribution in [1.82, 2.24) is 0 Å². The number of hydrogen-bond donors (Lipinski definition) is 0. The maximum atomic E-state index is 2.49. The van der Waals surface area contributed by atoms with Crippen molar-refractivity contribution in [2.45, 2.75) is 31.6 Å². The minimum Gasteiger partial charge on any atom is -0.310 e. The number of anilines is 3. The van der Waals surface area contributed by atoms with Crippen molar-refractivity contribution >= 4 is 27.8 Å². The first-order chi connectivity index (χ1) is 30.2. The van der Waals surface area contributed by atoms with Gasteiger partial charge in [-0.1, -0.05) is 206 Å². The van der Waals surface area contributed by atoms with Crippen LogP contribution in [0, 0.1) is 5.92 Å². The highest BCUT2D eigenvalue weighted by Crippen LogP contribution is 2.43. The Morgan fingerprint density at radius 2 is 0.918 bits per heavy atom. The molecule has 1 heteroatoms. The Kier molecular flexibility index (Phi) is 10.9. The van der Waals surface area contributed by atoms with Gasteiger partial charge in [0.25, 0.3) is 0 Å². The molecule has 0 bridgehead atoms. The molecule has 0 fully saturated rings. The molecule has 0 heterocycles. The van der Waals surface area contributed by atoms with E-state index in [4.69, 9.17) is 0 Å². The summed E-state index contributed by atoms with van der Waals surface area (Å²) >= 11 is 0. The smallest absolute Gasteiger partial charge is 0.0540 e. The van der Waals surface area contributed by atoms with Gasteiger partial charge in [-0.15, -0.1) is 0 Å². The Morgan fingerprint density at radius 1 is 0.426 bits per heavy atom. The summed E-state index contributed by atoms with van der Waals surface area (Å²) in [6.07, 6.45) is 9.63. The molecular formula is C60H49N. The van der Waals surface area contributed by atoms with Gasteiger partial charge in [-0.3, -0.25) is 0 Å². The fourth-order valence-corrected chi connectivity index (χ4v) is 9.38. The zero-order valence-corrected chi connectivity index (χ0v) is 34.4. The second-order valence-corrected chi connectivity index (χ2v) is 16.4. The zero-order valence-electron chi connectivity index (χ0n) is 34.4. The summed E-state index contributed by atoms with van der Waals surface area (Å²) in [7, 11) is 0. The van der Waals surface area contributed by atoms with E-state index in [0.29, 0.717) is 11.8 Å². The highest BCUT2D eigenvalue weighted by Gasteiger charge is 2.25. The Labute approximate surface area is 360 Å². The van der Waals surface area contributed by atoms with E-state index in [2.05, 4.69) is 242 Å². The highest BCUT2D eigenvalue weighted by molar-refractivity contribution is 5.90. The molecule has 0 N–H and O–H groups in total. The third kappa shape index (κ3) is 8.21. The van der Waals surface area contributed by atoms with E-state index in [1.165, 1.54) is 85.7 Å². The molecule has 10 rings (SSSR count). The average Bonchev–Trinajstić information content (AvgIpc) is 3.35. The minimum absolute atomic E-state index is 0.441. The lowest BCUT2D eigenvalue weighted by atomic mass is 9.76. The van der Waals surface area contributed by atoms with Gasteiger partial charge in [0.2, 0.25) is 0 Å². The zero-order chi connectivity index (χ0) is 40.8. The van der Waals surface area contributed by atoms with Gasteiger partial charge in [0.05, 0.1) is 5.69 Å². The largest absolute Gasteiger partial charge is 0.310 e. The van der Waals surface area contributed by atoms with E-state index in [-0.39, 0.29) is 0 Å². The van der Waals surface area contributed by atoms with Gasteiger partial charge in [0.15, 0.2) is 0 Å². The van der Waals surface area contributed by atoms with Gasteiger partial charge in [0, 0.05) is 16.9 Å². The normalized spacial score (nSPS) is 14.1. The molecule has 2 unspecified atom stereocenters. The van der Waals surface area contributed by atoms with Crippen molar-refractivity contribution in [2.24, 2.45) is 5.92 Å². The van der Waals surface area contributed by atoms with Crippen molar-refractivity contribution in [3.05, 3.63) is 248 Å². The summed E-state index contributed by atoms with van der Waals surface area (Å²) in [5.74, 6) is 0.990. The molecule has 1 nitrogen and oxygen atoms in total. The van der Waals surface area contributed by atoms with Crippen molar-refractivity contribution in [1.29, 1.82) is 0 Å². The molecule has 0 radical (unpaired) electrons. The van der Waals surface area contributed by atoms with Gasteiger partial charge in [0.1, 0.15) is 0 Å². The first-order valence-electron chi connectivity index (χ1n) is 21.8. The van der Waals surface area contributed by atoms with Crippen molar-refractivity contribution in [3.63, 3.8) is 0 Å². The first kappa shape index (κ1) is 38.0. The number of allylic oxidation sites excluding steroid dienone is 2. The van der Waals surface area contributed by atoms with E-state index < -0.39 is 0 Å². The summed E-state index contributed by atoms with van der Waals surface area (Å²) in [6.45, 7) is 0. The van der Waals surface area contributed by atoms with Crippen molar-refractivity contribution in [3.8, 4) is 44.5 Å². The Hall–Kier alpha value is -7.22.